The van der Waals surface area contributed by atoms with E-state index in [1.807, 2.05) is 22.8 Å². The van der Waals surface area contributed by atoms with E-state index in [2.05, 4.69) is 20.2 Å². The van der Waals surface area contributed by atoms with Crippen LogP contribution in [-0.2, 0) is 6.54 Å². The number of aromatic nitrogens is 4. The second-order valence-corrected chi connectivity index (χ2v) is 3.28. The molecule has 5 heteroatoms. The van der Waals surface area contributed by atoms with Crippen molar-refractivity contribution in [1.82, 2.24) is 19.7 Å². The van der Waals surface area contributed by atoms with Crippen molar-refractivity contribution >= 4 is 6.21 Å². The number of hydrogen-bond acceptors (Lipinski definition) is 4. The summed E-state index contributed by atoms with van der Waals surface area (Å²) in [4.78, 5) is 8.42. The zero-order chi connectivity index (χ0) is 10.1. The summed E-state index contributed by atoms with van der Waals surface area (Å²) in [6.07, 6.45) is 3.51. The van der Waals surface area contributed by atoms with Crippen LogP contribution in [0, 0.1) is 0 Å². The molecule has 15 heavy (non-hydrogen) atoms. The fourth-order valence-electron chi connectivity index (χ4n) is 1.62. The van der Waals surface area contributed by atoms with E-state index < -0.39 is 0 Å². The number of pyridine rings is 1. The molecule has 0 radical (unpaired) electrons. The molecule has 0 fully saturated rings. The Bertz CT molecular complexity index is 500. The normalized spacial score (nSPS) is 13.9. The van der Waals surface area contributed by atoms with Crippen LogP contribution in [0.4, 0.5) is 0 Å². The fourth-order valence-corrected chi connectivity index (χ4v) is 1.62. The van der Waals surface area contributed by atoms with E-state index >= 15 is 0 Å². The molecular weight excluding hydrogens is 190 g/mol. The van der Waals surface area contributed by atoms with Crippen molar-refractivity contribution in [2.75, 3.05) is 6.54 Å². The Morgan fingerprint density at radius 1 is 1.20 bits per heavy atom. The minimum Gasteiger partial charge on any atom is -0.303 e. The average Bonchev–Trinajstić information content (AvgIpc) is 2.74. The Kier molecular flexibility index (Phi) is 1.81. The second kappa shape index (κ2) is 3.27. The van der Waals surface area contributed by atoms with Crippen LogP contribution < -0.4 is 0 Å². The first-order valence-corrected chi connectivity index (χ1v) is 4.79. The van der Waals surface area contributed by atoms with Crippen molar-refractivity contribution in [3.8, 4) is 11.5 Å². The van der Waals surface area contributed by atoms with Crippen molar-refractivity contribution < 1.29 is 0 Å². The molecule has 0 unspecified atom stereocenters. The van der Waals surface area contributed by atoms with Crippen molar-refractivity contribution in [3.05, 3.63) is 30.2 Å². The summed E-state index contributed by atoms with van der Waals surface area (Å²) in [7, 11) is 0. The highest BCUT2D eigenvalue weighted by Gasteiger charge is 2.14. The van der Waals surface area contributed by atoms with Gasteiger partial charge in [-0.25, -0.2) is 0 Å². The number of fused-ring (bicyclic) bond motifs is 1. The quantitative estimate of drug-likeness (QED) is 0.681. The maximum atomic E-state index is 4.26. The summed E-state index contributed by atoms with van der Waals surface area (Å²) in [6, 6.07) is 5.77. The average molecular weight is 199 g/mol. The molecule has 0 N–H and O–H groups in total. The molecule has 3 heterocycles. The molecule has 0 aromatic carbocycles. The van der Waals surface area contributed by atoms with Crippen LogP contribution in [0.3, 0.4) is 0 Å². The Hall–Kier alpha value is -2.04. The Morgan fingerprint density at radius 2 is 2.20 bits per heavy atom. The molecule has 0 bridgehead atoms. The summed E-state index contributed by atoms with van der Waals surface area (Å²) >= 11 is 0. The molecule has 3 rings (SSSR count). The molecule has 0 aliphatic carbocycles. The third-order valence-electron chi connectivity index (χ3n) is 2.33. The predicted octanol–water partition coefficient (Wildman–Crippen LogP) is 0.773. The monoisotopic (exact) mass is 199 g/mol. The van der Waals surface area contributed by atoms with Crippen molar-refractivity contribution in [1.29, 1.82) is 0 Å². The minimum absolute atomic E-state index is 0.783. The molecule has 0 amide bonds. The van der Waals surface area contributed by atoms with E-state index in [0.29, 0.717) is 0 Å². The highest BCUT2D eigenvalue weighted by molar-refractivity contribution is 5.76. The van der Waals surface area contributed by atoms with Crippen molar-refractivity contribution in [2.24, 2.45) is 4.99 Å². The van der Waals surface area contributed by atoms with Gasteiger partial charge in [-0.1, -0.05) is 6.07 Å². The number of aliphatic imine (C=N–C) groups is 1. The third kappa shape index (κ3) is 1.32. The lowest BCUT2D eigenvalue weighted by Crippen LogP contribution is -2.12. The highest BCUT2D eigenvalue weighted by Crippen LogP contribution is 2.15. The van der Waals surface area contributed by atoms with Gasteiger partial charge in [0.1, 0.15) is 5.69 Å². The van der Waals surface area contributed by atoms with Crippen LogP contribution in [0.15, 0.2) is 29.4 Å². The van der Waals surface area contributed by atoms with Gasteiger partial charge in [0, 0.05) is 12.7 Å². The first-order chi connectivity index (χ1) is 7.45. The van der Waals surface area contributed by atoms with Gasteiger partial charge < -0.3 is 4.57 Å². The first kappa shape index (κ1) is 8.28. The van der Waals surface area contributed by atoms with E-state index in [-0.39, 0.29) is 0 Å². The Morgan fingerprint density at radius 3 is 3.07 bits per heavy atom. The molecule has 74 valence electrons. The lowest BCUT2D eigenvalue weighted by atomic mass is 10.3. The van der Waals surface area contributed by atoms with Gasteiger partial charge in [0.15, 0.2) is 11.6 Å². The predicted molar refractivity (Wildman–Crippen MR) is 55.7 cm³/mol. The number of hydrogen-bond donors (Lipinski definition) is 0. The van der Waals surface area contributed by atoms with Gasteiger partial charge in [-0.05, 0) is 12.1 Å². The summed E-state index contributed by atoms with van der Waals surface area (Å²) in [6.45, 7) is 1.61. The van der Waals surface area contributed by atoms with Crippen LogP contribution in [0.5, 0.6) is 0 Å². The smallest absolute Gasteiger partial charge is 0.182 e. The zero-order valence-electron chi connectivity index (χ0n) is 8.04. The number of rotatable bonds is 1. The lowest BCUT2D eigenvalue weighted by molar-refractivity contribution is 0.691. The van der Waals surface area contributed by atoms with Crippen LogP contribution >= 0.6 is 0 Å². The van der Waals surface area contributed by atoms with Gasteiger partial charge in [0.2, 0.25) is 0 Å². The van der Waals surface area contributed by atoms with Crippen LogP contribution in [0.1, 0.15) is 5.82 Å². The first-order valence-electron chi connectivity index (χ1n) is 4.79. The van der Waals surface area contributed by atoms with Crippen LogP contribution in [-0.4, -0.2) is 32.5 Å². The topological polar surface area (TPSA) is 56.0 Å². The molecule has 1 aliphatic heterocycles. The largest absolute Gasteiger partial charge is 0.303 e. The minimum atomic E-state index is 0.783. The zero-order valence-corrected chi connectivity index (χ0v) is 8.04. The van der Waals surface area contributed by atoms with E-state index in [9.17, 15) is 0 Å². The summed E-state index contributed by atoms with van der Waals surface area (Å²) < 4.78 is 2.04. The van der Waals surface area contributed by atoms with Gasteiger partial charge in [-0.3, -0.25) is 9.98 Å². The molecule has 2 aromatic rings. The van der Waals surface area contributed by atoms with Crippen molar-refractivity contribution in [2.45, 2.75) is 6.54 Å². The SMILES string of the molecule is C1=NCCn2c1nnc2-c1ccccn1. The van der Waals surface area contributed by atoms with E-state index in [4.69, 9.17) is 0 Å². The van der Waals surface area contributed by atoms with Gasteiger partial charge in [-0.2, -0.15) is 0 Å². The van der Waals surface area contributed by atoms with Gasteiger partial charge in [-0.15, -0.1) is 10.2 Å². The summed E-state index contributed by atoms with van der Waals surface area (Å²) in [5.74, 6) is 1.62. The fraction of sp³-hybridized carbons (Fsp3) is 0.200. The third-order valence-corrected chi connectivity index (χ3v) is 2.33. The maximum Gasteiger partial charge on any atom is 0.182 e. The Balaban J connectivity index is 2.14. The molecule has 0 saturated heterocycles. The van der Waals surface area contributed by atoms with Gasteiger partial charge in [0.05, 0.1) is 12.8 Å². The number of nitrogens with zero attached hydrogens (tertiary/aromatic N) is 5. The van der Waals surface area contributed by atoms with Crippen molar-refractivity contribution in [3.63, 3.8) is 0 Å². The van der Waals surface area contributed by atoms with E-state index in [0.717, 1.165) is 30.4 Å². The molecule has 0 spiro atoms. The summed E-state index contributed by atoms with van der Waals surface area (Å²) in [5.41, 5.74) is 0.853. The van der Waals surface area contributed by atoms with E-state index in [1.54, 1.807) is 12.4 Å². The molecule has 5 nitrogen and oxygen atoms in total. The molecule has 1 aliphatic rings. The standard InChI is InChI=1S/C10H9N5/c1-2-4-12-8(3-1)10-14-13-9-7-11-5-6-15(9)10/h1-4,7H,5-6H2. The molecule has 0 atom stereocenters. The Labute approximate surface area is 86.5 Å². The lowest BCUT2D eigenvalue weighted by Gasteiger charge is -2.09. The van der Waals surface area contributed by atoms with Gasteiger partial charge in [0.25, 0.3) is 0 Å². The molecule has 2 aromatic heterocycles. The molecular formula is C10H9N5. The summed E-state index contributed by atoms with van der Waals surface area (Å²) in [5, 5.41) is 8.18. The maximum absolute atomic E-state index is 4.26. The van der Waals surface area contributed by atoms with Crippen LogP contribution in [0.25, 0.3) is 11.5 Å². The highest BCUT2D eigenvalue weighted by atomic mass is 15.3. The molecule has 0 saturated carbocycles. The van der Waals surface area contributed by atoms with E-state index in [1.165, 1.54) is 0 Å². The van der Waals surface area contributed by atoms with Crippen LogP contribution in [0.2, 0.25) is 0 Å². The second-order valence-electron chi connectivity index (χ2n) is 3.28. The van der Waals surface area contributed by atoms with Gasteiger partial charge >= 0.3 is 0 Å².